The molecule has 0 aliphatic heterocycles. The van der Waals surface area contributed by atoms with Crippen molar-refractivity contribution in [1.29, 1.82) is 0 Å². The van der Waals surface area contributed by atoms with E-state index in [0.717, 1.165) is 5.56 Å². The Kier molecular flexibility index (Phi) is 10.9. The minimum Gasteiger partial charge on any atom is -0.444 e. The number of rotatable bonds is 10. The van der Waals surface area contributed by atoms with Gasteiger partial charge in [0.05, 0.1) is 0 Å². The predicted octanol–water partition coefficient (Wildman–Crippen LogP) is 4.92. The number of fused-ring (bicyclic) bond motifs is 1. The van der Waals surface area contributed by atoms with E-state index in [1.807, 2.05) is 30.3 Å². The van der Waals surface area contributed by atoms with E-state index >= 15 is 0 Å². The van der Waals surface area contributed by atoms with Gasteiger partial charge >= 0.3 is 12.2 Å². The molecule has 1 atom stereocenters. The van der Waals surface area contributed by atoms with Crippen LogP contribution in [0.3, 0.4) is 0 Å². The fraction of sp³-hybridized carbons (Fsp3) is 0.424. The highest BCUT2D eigenvalue weighted by Gasteiger charge is 2.32. The van der Waals surface area contributed by atoms with Crippen LogP contribution >= 0.6 is 0 Å². The van der Waals surface area contributed by atoms with Gasteiger partial charge in [-0.15, -0.1) is 0 Å². The van der Waals surface area contributed by atoms with E-state index in [9.17, 15) is 24.0 Å². The number of nitrogens with one attached hydrogen (secondary N) is 3. The average molecular weight is 592 g/mol. The third kappa shape index (κ3) is 10.1. The summed E-state index contributed by atoms with van der Waals surface area (Å²) >= 11 is 0. The molecule has 43 heavy (non-hydrogen) atoms. The summed E-state index contributed by atoms with van der Waals surface area (Å²) in [5.74, 6) is -1.06. The van der Waals surface area contributed by atoms with Crippen molar-refractivity contribution in [1.82, 2.24) is 16.0 Å². The van der Waals surface area contributed by atoms with Gasteiger partial charge in [-0.2, -0.15) is 0 Å². The number of hydrogen-bond donors (Lipinski definition) is 3. The summed E-state index contributed by atoms with van der Waals surface area (Å²) in [7, 11) is 0. The first kappa shape index (κ1) is 33.0. The summed E-state index contributed by atoms with van der Waals surface area (Å²) in [4.78, 5) is 64.8. The molecule has 2 aromatic rings. The highest BCUT2D eigenvalue weighted by atomic mass is 16.6. The number of carbonyl (C=O) groups excluding carboxylic acids is 5. The van der Waals surface area contributed by atoms with Gasteiger partial charge in [-0.05, 0) is 59.9 Å². The van der Waals surface area contributed by atoms with Gasteiger partial charge in [-0.3, -0.25) is 14.4 Å². The van der Waals surface area contributed by atoms with Crippen LogP contribution in [0.2, 0.25) is 0 Å². The second-order valence-corrected chi connectivity index (χ2v) is 12.3. The Balaban J connectivity index is 1.75. The molecule has 0 spiro atoms. The average Bonchev–Trinajstić information content (AvgIpc) is 2.91. The number of hydrogen-bond acceptors (Lipinski definition) is 7. The minimum absolute atomic E-state index is 0.0413. The van der Waals surface area contributed by atoms with Crippen LogP contribution in [0.25, 0.3) is 0 Å². The van der Waals surface area contributed by atoms with Gasteiger partial charge in [0, 0.05) is 41.8 Å². The first-order valence-corrected chi connectivity index (χ1v) is 14.3. The van der Waals surface area contributed by atoms with Gasteiger partial charge < -0.3 is 25.4 Å². The van der Waals surface area contributed by atoms with Gasteiger partial charge in [0.25, 0.3) is 0 Å². The van der Waals surface area contributed by atoms with Gasteiger partial charge in [0.15, 0.2) is 11.6 Å². The van der Waals surface area contributed by atoms with Crippen LogP contribution in [0.4, 0.5) is 9.59 Å². The van der Waals surface area contributed by atoms with Crippen LogP contribution in [0.1, 0.15) is 80.7 Å². The van der Waals surface area contributed by atoms with Gasteiger partial charge in [0.1, 0.15) is 17.2 Å². The molecule has 1 aliphatic carbocycles. The Morgan fingerprint density at radius 1 is 0.674 bits per heavy atom. The second-order valence-electron chi connectivity index (χ2n) is 12.3. The standard InChI is InChI=1S/C33H41N3O7/c1-32(2,3)42-30(40)35-19-17-25-24(27(37)22-14-10-11-15-23(22)28(25)38)16-18-34-29(39)26(20-21-12-8-7-9-13-21)36-31(41)43-33(4,5)6/h7-15,26H,16-20H2,1-6H3,(H,34,39)(H,35,40)(H,36,41)/t26-/m0/s1. The van der Waals surface area contributed by atoms with Crippen molar-refractivity contribution in [2.75, 3.05) is 13.1 Å². The molecule has 0 saturated carbocycles. The van der Waals surface area contributed by atoms with E-state index in [4.69, 9.17) is 9.47 Å². The van der Waals surface area contributed by atoms with Crippen molar-refractivity contribution >= 4 is 29.7 Å². The third-order valence-corrected chi connectivity index (χ3v) is 6.34. The highest BCUT2D eigenvalue weighted by molar-refractivity contribution is 6.26. The largest absolute Gasteiger partial charge is 0.444 e. The maximum Gasteiger partial charge on any atom is 0.408 e. The minimum atomic E-state index is -0.937. The number of carbonyl (C=O) groups is 5. The fourth-order valence-corrected chi connectivity index (χ4v) is 4.55. The van der Waals surface area contributed by atoms with E-state index in [0.29, 0.717) is 11.1 Å². The summed E-state index contributed by atoms with van der Waals surface area (Å²) in [5, 5.41) is 8.08. The lowest BCUT2D eigenvalue weighted by Gasteiger charge is -2.24. The molecular weight excluding hydrogens is 550 g/mol. The number of ketones is 2. The van der Waals surface area contributed by atoms with E-state index in [-0.39, 0.29) is 55.1 Å². The Morgan fingerprint density at radius 3 is 1.65 bits per heavy atom. The molecule has 3 amide bonds. The SMILES string of the molecule is CC(C)(C)OC(=O)NCCC1=C(CCNC(=O)[C@H](Cc2ccccc2)NC(=O)OC(C)(C)C)C(=O)c2ccccc2C1=O. The summed E-state index contributed by atoms with van der Waals surface area (Å²) in [5.41, 5.74) is 0.563. The Bertz CT molecular complexity index is 1390. The van der Waals surface area contributed by atoms with Crippen LogP contribution in [0.5, 0.6) is 0 Å². The number of amides is 3. The maximum atomic E-state index is 13.5. The molecule has 0 fully saturated rings. The number of ether oxygens (including phenoxy) is 2. The van der Waals surface area contributed by atoms with E-state index in [1.54, 1.807) is 65.8 Å². The van der Waals surface area contributed by atoms with Crippen LogP contribution in [-0.4, -0.2) is 60.0 Å². The van der Waals surface area contributed by atoms with E-state index in [1.165, 1.54) is 0 Å². The summed E-state index contributed by atoms with van der Waals surface area (Å²) < 4.78 is 10.6. The van der Waals surface area contributed by atoms with Crippen molar-refractivity contribution in [2.45, 2.75) is 78.0 Å². The van der Waals surface area contributed by atoms with Gasteiger partial charge in [-0.1, -0.05) is 54.6 Å². The molecule has 0 aromatic heterocycles. The first-order chi connectivity index (χ1) is 20.1. The monoisotopic (exact) mass is 591 g/mol. The number of benzene rings is 2. The van der Waals surface area contributed by atoms with Gasteiger partial charge in [0.2, 0.25) is 5.91 Å². The lowest BCUT2D eigenvalue weighted by Crippen LogP contribution is -2.49. The summed E-state index contributed by atoms with van der Waals surface area (Å²) in [6.07, 6.45) is -0.939. The van der Waals surface area contributed by atoms with Crippen molar-refractivity contribution in [3.8, 4) is 0 Å². The van der Waals surface area contributed by atoms with E-state index in [2.05, 4.69) is 16.0 Å². The lowest BCUT2D eigenvalue weighted by molar-refractivity contribution is -0.123. The molecule has 0 radical (unpaired) electrons. The van der Waals surface area contributed by atoms with Crippen molar-refractivity contribution < 1.29 is 33.4 Å². The van der Waals surface area contributed by atoms with Crippen molar-refractivity contribution in [2.24, 2.45) is 0 Å². The molecule has 0 bridgehead atoms. The van der Waals surface area contributed by atoms with Crippen LogP contribution in [0.15, 0.2) is 65.7 Å². The smallest absolute Gasteiger partial charge is 0.408 e. The molecule has 3 rings (SSSR count). The van der Waals surface area contributed by atoms with Gasteiger partial charge in [-0.25, -0.2) is 9.59 Å². The topological polar surface area (TPSA) is 140 Å². The maximum absolute atomic E-state index is 13.5. The van der Waals surface area contributed by atoms with Crippen LogP contribution < -0.4 is 16.0 Å². The molecule has 10 nitrogen and oxygen atoms in total. The molecular formula is C33H41N3O7. The number of Topliss-reactive ketones (excluding diaryl/α,β-unsaturated/α-hetero) is 2. The lowest BCUT2D eigenvalue weighted by atomic mass is 9.81. The second kappa shape index (κ2) is 14.1. The molecule has 0 heterocycles. The predicted molar refractivity (Wildman–Crippen MR) is 162 cm³/mol. The summed E-state index contributed by atoms with van der Waals surface area (Å²) in [6.45, 7) is 10.6. The molecule has 0 saturated heterocycles. The molecule has 0 unspecified atom stereocenters. The quantitative estimate of drug-likeness (QED) is 0.356. The molecule has 3 N–H and O–H groups in total. The molecule has 2 aromatic carbocycles. The highest BCUT2D eigenvalue weighted by Crippen LogP contribution is 2.29. The molecule has 230 valence electrons. The zero-order chi connectivity index (χ0) is 31.8. The van der Waals surface area contributed by atoms with Crippen LogP contribution in [-0.2, 0) is 20.7 Å². The zero-order valence-corrected chi connectivity index (χ0v) is 25.7. The Labute approximate surface area is 252 Å². The third-order valence-electron chi connectivity index (χ3n) is 6.34. The van der Waals surface area contributed by atoms with Crippen LogP contribution in [0, 0.1) is 0 Å². The summed E-state index contributed by atoms with van der Waals surface area (Å²) in [6, 6.07) is 14.9. The normalized spacial score (nSPS) is 14.0. The molecule has 10 heteroatoms. The first-order valence-electron chi connectivity index (χ1n) is 14.3. The van der Waals surface area contributed by atoms with E-state index < -0.39 is 35.3 Å². The fourth-order valence-electron chi connectivity index (χ4n) is 4.55. The number of alkyl carbamates (subject to hydrolysis) is 2. The Hall–Kier alpha value is -4.47. The van der Waals surface area contributed by atoms with Crippen molar-refractivity contribution in [3.63, 3.8) is 0 Å². The zero-order valence-electron chi connectivity index (χ0n) is 25.7. The molecule has 1 aliphatic rings. The Morgan fingerprint density at radius 2 is 1.14 bits per heavy atom. The van der Waals surface area contributed by atoms with Crippen molar-refractivity contribution in [3.05, 3.63) is 82.4 Å².